The van der Waals surface area contributed by atoms with Crippen LogP contribution in [0, 0.1) is 6.85 Å². The summed E-state index contributed by atoms with van der Waals surface area (Å²) in [5.41, 5.74) is 10.9. The number of nitrogens with zero attached hydrogens (tertiary/aromatic N) is 4. The van der Waals surface area contributed by atoms with E-state index in [1.165, 1.54) is 17.2 Å². The summed E-state index contributed by atoms with van der Waals surface area (Å²) in [6.07, 6.45) is 3.56. The molecule has 1 aliphatic heterocycles. The highest BCUT2D eigenvalue weighted by atomic mass is 16.5. The molecule has 8 aromatic carbocycles. The first-order valence-electron chi connectivity index (χ1n) is 33.7. The van der Waals surface area contributed by atoms with Crippen LogP contribution in [0.5, 0.6) is 11.5 Å². The Morgan fingerprint density at radius 1 is 0.537 bits per heavy atom. The zero-order valence-corrected chi connectivity index (χ0v) is 48.2. The van der Waals surface area contributed by atoms with Gasteiger partial charge in [0.1, 0.15) is 17.3 Å². The predicted octanol–water partition coefficient (Wildman–Crippen LogP) is 20.4. The van der Waals surface area contributed by atoms with Crippen molar-refractivity contribution in [1.29, 1.82) is 0 Å². The van der Waals surface area contributed by atoms with Crippen molar-refractivity contribution in [3.8, 4) is 50.7 Å². The first-order chi connectivity index (χ1) is 42.9. The van der Waals surface area contributed by atoms with E-state index in [1.54, 1.807) is 29.0 Å². The highest BCUT2D eigenvalue weighted by molar-refractivity contribution is 6.09. The third-order valence-electron chi connectivity index (χ3n) is 16.5. The average Bonchev–Trinajstić information content (AvgIpc) is 1.49. The highest BCUT2D eigenvalue weighted by Crippen LogP contribution is 2.49. The minimum Gasteiger partial charge on any atom is -0.457 e. The lowest BCUT2D eigenvalue weighted by Gasteiger charge is -2.42. The smallest absolute Gasteiger partial charge is 0.457 e. The normalized spacial score (nSPS) is 17.2. The summed E-state index contributed by atoms with van der Waals surface area (Å²) >= 11 is 0. The molecule has 0 bridgehead atoms. The summed E-state index contributed by atoms with van der Waals surface area (Å²) in [5.74, 6) is 0.936. The van der Waals surface area contributed by atoms with E-state index in [9.17, 15) is 5.48 Å². The summed E-state index contributed by atoms with van der Waals surface area (Å²) in [4.78, 5) is 4.98. The highest BCUT2D eigenvalue weighted by Gasteiger charge is 2.41. The quantitative estimate of drug-likeness (QED) is 0.142. The lowest BCUT2D eigenvalue weighted by Crippen LogP contribution is -2.33. The van der Waals surface area contributed by atoms with Gasteiger partial charge in [0, 0.05) is 50.9 Å². The first kappa shape index (κ1) is 40.1. The number of rotatable bonds is 8. The summed E-state index contributed by atoms with van der Waals surface area (Å²) < 4.78 is 121. The maximum Gasteiger partial charge on any atom is 0.503 e. The Morgan fingerprint density at radius 2 is 1.18 bits per heavy atom. The van der Waals surface area contributed by atoms with Gasteiger partial charge in [-0.2, -0.15) is 0 Å². The summed E-state index contributed by atoms with van der Waals surface area (Å²) in [5, 5.41) is 0.719. The van der Waals surface area contributed by atoms with Gasteiger partial charge in [-0.1, -0.05) is 193 Å². The number of hydrogen-bond donors (Lipinski definition) is 0. The van der Waals surface area contributed by atoms with Gasteiger partial charge in [-0.05, 0) is 148 Å². The number of benzene rings is 8. The second-order valence-electron chi connectivity index (χ2n) is 26.2. The molecule has 5 nitrogen and oxygen atoms in total. The van der Waals surface area contributed by atoms with Crippen molar-refractivity contribution in [3.63, 3.8) is 0 Å². The molecule has 400 valence electrons. The molecule has 3 heterocycles. The van der Waals surface area contributed by atoms with Crippen molar-refractivity contribution in [2.75, 3.05) is 0 Å². The summed E-state index contributed by atoms with van der Waals surface area (Å²) in [7, 11) is 0. The van der Waals surface area contributed by atoms with Gasteiger partial charge in [0.15, 0.2) is 0 Å². The van der Waals surface area contributed by atoms with Crippen LogP contribution in [0.4, 0.5) is 22.7 Å². The minimum absolute atomic E-state index is 0.0407. The Labute approximate surface area is 491 Å². The molecule has 2 aromatic heterocycles. The van der Waals surface area contributed by atoms with Crippen LogP contribution < -0.4 is 13.9 Å². The molecule has 2 aliphatic rings. The maximum atomic E-state index is 9.38. The van der Waals surface area contributed by atoms with E-state index < -0.39 is 42.5 Å². The van der Waals surface area contributed by atoms with Crippen LogP contribution >= 0.6 is 0 Å². The molecule has 0 N–H and O–H groups in total. The molecule has 0 atom stereocenters. The van der Waals surface area contributed by atoms with Crippen LogP contribution in [0.3, 0.4) is 0 Å². The second kappa shape index (κ2) is 19.0. The van der Waals surface area contributed by atoms with Crippen molar-refractivity contribution in [2.45, 2.75) is 137 Å². The van der Waals surface area contributed by atoms with E-state index in [0.717, 1.165) is 51.9 Å². The van der Waals surface area contributed by atoms with Crippen molar-refractivity contribution in [3.05, 3.63) is 215 Å². The van der Waals surface area contributed by atoms with Crippen LogP contribution in [0.15, 0.2) is 182 Å². The van der Waals surface area contributed by atoms with E-state index >= 15 is 0 Å². The van der Waals surface area contributed by atoms with Crippen LogP contribution in [0.1, 0.15) is 153 Å². The van der Waals surface area contributed by atoms with E-state index in [-0.39, 0.29) is 73.7 Å². The van der Waals surface area contributed by atoms with E-state index in [4.69, 9.17) is 20.7 Å². The number of hydrogen-bond acceptors (Lipinski definition) is 2. The van der Waals surface area contributed by atoms with Crippen LogP contribution in [0.2, 0.25) is 0 Å². The fourth-order valence-electron chi connectivity index (χ4n) is 11.6. The van der Waals surface area contributed by atoms with E-state index in [0.29, 0.717) is 50.6 Å². The zero-order chi connectivity index (χ0) is 66.6. The fraction of sp³-hybridized carbons (Fsp3) is 0.280. The summed E-state index contributed by atoms with van der Waals surface area (Å²) in [6, 6.07) is 39.4. The molecular weight excluding hydrogens is 973 g/mol. The van der Waals surface area contributed by atoms with Gasteiger partial charge in [0.05, 0.1) is 40.6 Å². The van der Waals surface area contributed by atoms with Gasteiger partial charge in [-0.15, -0.1) is 0 Å². The molecule has 0 unspecified atom stereocenters. The molecule has 12 rings (SSSR count). The third-order valence-corrected chi connectivity index (χ3v) is 16.5. The number of para-hydroxylation sites is 4. The molecule has 0 radical (unpaired) electrons. The fourth-order valence-corrected chi connectivity index (χ4v) is 11.6. The van der Waals surface area contributed by atoms with Gasteiger partial charge in [-0.3, -0.25) is 4.57 Å². The molecule has 5 heteroatoms. The molecule has 0 saturated heterocycles. The van der Waals surface area contributed by atoms with Crippen molar-refractivity contribution in [1.82, 2.24) is 18.7 Å². The number of fused-ring (bicyclic) bond motifs is 5. The maximum absolute atomic E-state index is 9.38. The number of pyridine rings is 1. The van der Waals surface area contributed by atoms with Gasteiger partial charge in [0.2, 0.25) is 11.4 Å². The minimum atomic E-state index is -2.62. The SMILES string of the molecule is [2H]c1c([2H])c([2H])c(-c2cccc(-c3cc(C(C)(C)C)cc(C(C)(C)C)c3)c2[N+]2=C=[N+](c3cc(Oc4ccc5c6c([2H])c([2H])c([2H])c([2H])c6n(-c6cc(C([2H])([2H])[2H])c(-c7ccc8c(c7)C(C)(C)CCC8(C)C)cn6)c5c4)cc(C(C)(C)C)c3)c3ccccc32)c([2H])c1[2H]. The number of aryl methyl sites for hydroxylation is 1. The molecule has 0 saturated carbocycles. The third kappa shape index (κ3) is 9.40. The Balaban J connectivity index is 1.06. The monoisotopic (exact) mass is 1060 g/mol. The molecule has 0 spiro atoms. The Kier molecular flexibility index (Phi) is 9.54. The standard InChI is InChI=1S/C75H76N4O/c1-48-37-69(76-46-62(48)50-31-34-63-64(40-50)75(13,14)36-35-74(63,11)12)79-65-28-19-18-25-60(65)61-33-32-56(45-68(61)79)80-57-43-54(73(8,9)10)42-55(44-57)77-47-78(67-30-21-20-29-66(67)77)70-58(49-23-16-15-17-24-49)26-22-27-59(70)51-38-52(71(2,3)4)41-53(39-51)72(5,6)7/h15-34,37-46H,35-36H2,1-14H3/q+2/i1D3,15D,16D,17D,18D,19D,23D,24D,25D,28D. The molecule has 0 fully saturated rings. The van der Waals surface area contributed by atoms with Crippen LogP contribution in [-0.2, 0) is 27.1 Å². The molecular formula is C75H76N4O+2. The topological polar surface area (TPSA) is 33.1 Å². The molecule has 10 aromatic rings. The van der Waals surface area contributed by atoms with Crippen molar-refractivity contribution >= 4 is 50.6 Å². The van der Waals surface area contributed by atoms with Crippen LogP contribution in [-0.4, -0.2) is 15.6 Å². The average molecular weight is 1060 g/mol. The Bertz CT molecular complexity index is 4810. The van der Waals surface area contributed by atoms with Gasteiger partial charge < -0.3 is 4.74 Å². The van der Waals surface area contributed by atoms with Gasteiger partial charge in [-0.25, -0.2) is 4.98 Å². The van der Waals surface area contributed by atoms with Gasteiger partial charge in [0.25, 0.3) is 11.4 Å². The van der Waals surface area contributed by atoms with Crippen molar-refractivity contribution in [2.24, 2.45) is 0 Å². The predicted molar refractivity (Wildman–Crippen MR) is 338 cm³/mol. The van der Waals surface area contributed by atoms with E-state index in [1.807, 2.05) is 69.8 Å². The molecule has 1 aliphatic carbocycles. The van der Waals surface area contributed by atoms with E-state index in [2.05, 4.69) is 132 Å². The number of ether oxygens (including phenoxy) is 1. The van der Waals surface area contributed by atoms with Crippen molar-refractivity contribution < 1.29 is 21.2 Å². The Hall–Kier alpha value is -8.11. The second-order valence-corrected chi connectivity index (χ2v) is 26.2. The lowest BCUT2D eigenvalue weighted by molar-refractivity contribution is 0.332. The Morgan fingerprint density at radius 3 is 1.86 bits per heavy atom. The molecule has 80 heavy (non-hydrogen) atoms. The van der Waals surface area contributed by atoms with Gasteiger partial charge >= 0.3 is 6.01 Å². The van der Waals surface area contributed by atoms with Crippen LogP contribution in [0.25, 0.3) is 61.0 Å². The largest absolute Gasteiger partial charge is 0.503 e. The molecule has 0 amide bonds. The zero-order valence-electron chi connectivity index (χ0n) is 60.2. The summed E-state index contributed by atoms with van der Waals surface area (Å²) in [6.45, 7) is 25.7. The first-order valence-corrected chi connectivity index (χ1v) is 27.7. The lowest BCUT2D eigenvalue weighted by atomic mass is 9.63. The number of aromatic nitrogens is 2.